The highest BCUT2D eigenvalue weighted by Crippen LogP contribution is 2.29. The molecule has 1 amide bonds. The van der Waals surface area contributed by atoms with E-state index in [0.29, 0.717) is 18.6 Å². The zero-order valence-electron chi connectivity index (χ0n) is 11.9. The SMILES string of the molecule is CCC(COC)NC(=O)c1cc(C)c(Cl)c(S(=O)(=O)Cl)c1. The van der Waals surface area contributed by atoms with E-state index in [1.54, 1.807) is 14.0 Å². The summed E-state index contributed by atoms with van der Waals surface area (Å²) in [5.41, 5.74) is 0.647. The molecule has 0 saturated carbocycles. The zero-order chi connectivity index (χ0) is 16.2. The number of amides is 1. The van der Waals surface area contributed by atoms with Crippen molar-refractivity contribution in [1.82, 2.24) is 5.32 Å². The molecule has 0 saturated heterocycles. The number of rotatable bonds is 6. The Hall–Kier alpha value is -0.820. The molecular weight excluding hydrogens is 337 g/mol. The Labute approximate surface area is 134 Å². The molecule has 0 radical (unpaired) electrons. The van der Waals surface area contributed by atoms with Crippen LogP contribution in [0.1, 0.15) is 29.3 Å². The molecule has 0 aliphatic heterocycles. The summed E-state index contributed by atoms with van der Waals surface area (Å²) in [6.07, 6.45) is 0.687. The summed E-state index contributed by atoms with van der Waals surface area (Å²) >= 11 is 5.92. The Morgan fingerprint density at radius 2 is 2.05 bits per heavy atom. The lowest BCUT2D eigenvalue weighted by Gasteiger charge is -2.16. The monoisotopic (exact) mass is 353 g/mol. The average Bonchev–Trinajstić information content (AvgIpc) is 2.39. The number of carbonyl (C=O) groups is 1. The summed E-state index contributed by atoms with van der Waals surface area (Å²) in [6.45, 7) is 3.89. The molecule has 0 fully saturated rings. The van der Waals surface area contributed by atoms with Crippen molar-refractivity contribution < 1.29 is 17.9 Å². The third kappa shape index (κ3) is 4.85. The van der Waals surface area contributed by atoms with Gasteiger partial charge in [0.2, 0.25) is 0 Å². The van der Waals surface area contributed by atoms with Crippen LogP contribution in [-0.2, 0) is 13.8 Å². The molecule has 1 unspecified atom stereocenters. The molecule has 0 aromatic heterocycles. The maximum absolute atomic E-state index is 12.2. The minimum absolute atomic E-state index is 0.0190. The molecule has 118 valence electrons. The van der Waals surface area contributed by atoms with E-state index >= 15 is 0 Å². The van der Waals surface area contributed by atoms with Gasteiger partial charge in [0.15, 0.2) is 0 Å². The summed E-state index contributed by atoms with van der Waals surface area (Å²) in [4.78, 5) is 11.9. The van der Waals surface area contributed by atoms with E-state index in [2.05, 4.69) is 5.32 Å². The molecule has 8 heteroatoms. The van der Waals surface area contributed by atoms with Gasteiger partial charge in [-0.05, 0) is 31.0 Å². The van der Waals surface area contributed by atoms with Crippen molar-refractivity contribution in [3.05, 3.63) is 28.3 Å². The van der Waals surface area contributed by atoms with Crippen LogP contribution in [0.4, 0.5) is 0 Å². The van der Waals surface area contributed by atoms with Crippen LogP contribution in [0.5, 0.6) is 0 Å². The number of nitrogens with one attached hydrogen (secondary N) is 1. The molecule has 0 aliphatic rings. The van der Waals surface area contributed by atoms with Crippen LogP contribution >= 0.6 is 22.3 Å². The van der Waals surface area contributed by atoms with Crippen LogP contribution in [0, 0.1) is 6.92 Å². The van der Waals surface area contributed by atoms with Gasteiger partial charge in [-0.1, -0.05) is 18.5 Å². The Bertz CT molecular complexity index is 631. The van der Waals surface area contributed by atoms with Gasteiger partial charge in [-0.3, -0.25) is 4.79 Å². The minimum atomic E-state index is -4.02. The van der Waals surface area contributed by atoms with Gasteiger partial charge in [-0.2, -0.15) is 0 Å². The van der Waals surface area contributed by atoms with Gasteiger partial charge < -0.3 is 10.1 Å². The van der Waals surface area contributed by atoms with E-state index in [0.717, 1.165) is 0 Å². The molecule has 1 rings (SSSR count). The van der Waals surface area contributed by atoms with E-state index in [-0.39, 0.29) is 21.5 Å². The first kappa shape index (κ1) is 18.2. The highest BCUT2D eigenvalue weighted by atomic mass is 35.7. The molecule has 21 heavy (non-hydrogen) atoms. The van der Waals surface area contributed by atoms with Gasteiger partial charge in [0.1, 0.15) is 4.90 Å². The predicted molar refractivity (Wildman–Crippen MR) is 82.6 cm³/mol. The average molecular weight is 354 g/mol. The summed E-state index contributed by atoms with van der Waals surface area (Å²) < 4.78 is 28.0. The van der Waals surface area contributed by atoms with Crippen LogP contribution in [0.2, 0.25) is 5.02 Å². The number of hydrogen-bond donors (Lipinski definition) is 1. The van der Waals surface area contributed by atoms with Crippen LogP contribution in [0.25, 0.3) is 0 Å². The first-order valence-electron chi connectivity index (χ1n) is 6.25. The largest absolute Gasteiger partial charge is 0.383 e. The van der Waals surface area contributed by atoms with Crippen molar-refractivity contribution >= 4 is 37.2 Å². The highest BCUT2D eigenvalue weighted by molar-refractivity contribution is 8.13. The van der Waals surface area contributed by atoms with Gasteiger partial charge in [-0.15, -0.1) is 0 Å². The lowest BCUT2D eigenvalue weighted by molar-refractivity contribution is 0.0894. The van der Waals surface area contributed by atoms with Crippen molar-refractivity contribution in [3.63, 3.8) is 0 Å². The first-order valence-corrected chi connectivity index (χ1v) is 8.94. The second-order valence-electron chi connectivity index (χ2n) is 4.58. The molecule has 0 heterocycles. The molecule has 5 nitrogen and oxygen atoms in total. The van der Waals surface area contributed by atoms with E-state index in [4.69, 9.17) is 27.0 Å². The summed E-state index contributed by atoms with van der Waals surface area (Å²) in [5.74, 6) is -0.403. The maximum Gasteiger partial charge on any atom is 0.262 e. The second kappa shape index (κ2) is 7.45. The summed E-state index contributed by atoms with van der Waals surface area (Å²) in [6, 6.07) is 2.53. The molecule has 1 aromatic carbocycles. The molecule has 1 aromatic rings. The summed E-state index contributed by atoms with van der Waals surface area (Å²) in [5, 5.41) is 2.78. The molecule has 0 aliphatic carbocycles. The van der Waals surface area contributed by atoms with Gasteiger partial charge >= 0.3 is 0 Å². The number of aryl methyl sites for hydroxylation is 1. The van der Waals surface area contributed by atoms with E-state index < -0.39 is 15.0 Å². The van der Waals surface area contributed by atoms with E-state index in [1.807, 2.05) is 6.92 Å². The van der Waals surface area contributed by atoms with Gasteiger partial charge in [-0.25, -0.2) is 8.42 Å². The second-order valence-corrected chi connectivity index (χ2v) is 7.49. The number of benzene rings is 1. The Morgan fingerprint density at radius 3 is 2.52 bits per heavy atom. The van der Waals surface area contributed by atoms with Crippen molar-refractivity contribution in [2.75, 3.05) is 13.7 Å². The highest BCUT2D eigenvalue weighted by Gasteiger charge is 2.21. The quantitative estimate of drug-likeness (QED) is 0.798. The number of methoxy groups -OCH3 is 1. The Kier molecular flexibility index (Phi) is 6.46. The Morgan fingerprint density at radius 1 is 1.43 bits per heavy atom. The minimum Gasteiger partial charge on any atom is -0.383 e. The number of hydrogen-bond acceptors (Lipinski definition) is 4. The lowest BCUT2D eigenvalue weighted by atomic mass is 10.1. The molecule has 1 N–H and O–H groups in total. The fraction of sp³-hybridized carbons (Fsp3) is 0.462. The molecule has 0 bridgehead atoms. The number of ether oxygens (including phenoxy) is 1. The van der Waals surface area contributed by atoms with Crippen molar-refractivity contribution in [1.29, 1.82) is 0 Å². The topological polar surface area (TPSA) is 72.5 Å². The smallest absolute Gasteiger partial charge is 0.262 e. The van der Waals surface area contributed by atoms with Crippen molar-refractivity contribution in [2.45, 2.75) is 31.2 Å². The third-order valence-corrected chi connectivity index (χ3v) is 4.90. The molecule has 1 atom stereocenters. The lowest BCUT2D eigenvalue weighted by Crippen LogP contribution is -2.37. The molecular formula is C13H17Cl2NO4S. The normalized spacial score (nSPS) is 13.0. The van der Waals surface area contributed by atoms with E-state index in [1.165, 1.54) is 12.1 Å². The first-order chi connectivity index (χ1) is 9.70. The predicted octanol–water partition coefficient (Wildman–Crippen LogP) is 2.73. The van der Waals surface area contributed by atoms with Crippen LogP contribution in [-0.4, -0.2) is 34.1 Å². The standard InChI is InChI=1S/C13H17Cl2NO4S/c1-4-10(7-20-3)16-13(17)9-5-8(2)12(14)11(6-9)21(15,18)19/h5-6,10H,4,7H2,1-3H3,(H,16,17). The Balaban J connectivity index is 3.14. The zero-order valence-corrected chi connectivity index (χ0v) is 14.3. The van der Waals surface area contributed by atoms with Gasteiger partial charge in [0.05, 0.1) is 17.7 Å². The van der Waals surface area contributed by atoms with Crippen molar-refractivity contribution in [2.24, 2.45) is 0 Å². The number of halogens is 2. The summed E-state index contributed by atoms with van der Waals surface area (Å²) in [7, 11) is 2.85. The van der Waals surface area contributed by atoms with E-state index in [9.17, 15) is 13.2 Å². The maximum atomic E-state index is 12.2. The molecule has 0 spiro atoms. The third-order valence-electron chi connectivity index (χ3n) is 2.94. The van der Waals surface area contributed by atoms with Crippen LogP contribution in [0.15, 0.2) is 17.0 Å². The van der Waals surface area contributed by atoms with Crippen LogP contribution < -0.4 is 5.32 Å². The van der Waals surface area contributed by atoms with Crippen molar-refractivity contribution in [3.8, 4) is 0 Å². The van der Waals surface area contributed by atoms with Crippen LogP contribution in [0.3, 0.4) is 0 Å². The number of carbonyl (C=O) groups excluding carboxylic acids is 1. The van der Waals surface area contributed by atoms with Gasteiger partial charge in [0, 0.05) is 23.4 Å². The fourth-order valence-electron chi connectivity index (χ4n) is 1.78. The fourth-order valence-corrected chi connectivity index (χ4v) is 3.32. The van der Waals surface area contributed by atoms with Gasteiger partial charge in [0.25, 0.3) is 15.0 Å².